The molecule has 0 aromatic heterocycles. The Kier molecular flexibility index (Phi) is 6.76. The van der Waals surface area contributed by atoms with Crippen LogP contribution >= 0.6 is 11.8 Å². The highest BCUT2D eigenvalue weighted by molar-refractivity contribution is 8.00. The predicted molar refractivity (Wildman–Crippen MR) is 122 cm³/mol. The van der Waals surface area contributed by atoms with Crippen LogP contribution in [0.25, 0.3) is 0 Å². The number of rotatable bonds is 6. The second kappa shape index (κ2) is 9.13. The lowest BCUT2D eigenvalue weighted by Crippen LogP contribution is -2.51. The van der Waals surface area contributed by atoms with Gasteiger partial charge in [0.15, 0.2) is 0 Å². The molecule has 30 heavy (non-hydrogen) atoms. The second-order valence-corrected chi connectivity index (χ2v) is 9.50. The number of nitrogens with one attached hydrogen (secondary N) is 1. The molecule has 1 N–H and O–H groups in total. The molecule has 0 saturated heterocycles. The number of anilines is 1. The average molecular weight is 427 g/mol. The van der Waals surface area contributed by atoms with Crippen molar-refractivity contribution in [2.24, 2.45) is 0 Å². The van der Waals surface area contributed by atoms with Crippen molar-refractivity contribution in [3.63, 3.8) is 0 Å². The van der Waals surface area contributed by atoms with Gasteiger partial charge in [0, 0.05) is 11.4 Å². The Labute approximate surface area is 183 Å². The molecule has 2 aromatic carbocycles. The molecule has 0 fully saturated rings. The van der Waals surface area contributed by atoms with Crippen LogP contribution in [0.2, 0.25) is 0 Å². The average Bonchev–Trinajstić information content (AvgIpc) is 2.73. The number of carbonyl (C=O) groups excluding carboxylic acids is 2. The van der Waals surface area contributed by atoms with Gasteiger partial charge < -0.3 is 10.1 Å². The first-order valence-electron chi connectivity index (χ1n) is 10.2. The van der Waals surface area contributed by atoms with E-state index >= 15 is 0 Å². The second-order valence-electron chi connectivity index (χ2n) is 8.48. The van der Waals surface area contributed by atoms with Crippen LogP contribution in [-0.2, 0) is 21.5 Å². The number of methoxy groups -OCH3 is 1. The molecule has 6 heteroatoms. The third kappa shape index (κ3) is 4.81. The van der Waals surface area contributed by atoms with Crippen molar-refractivity contribution in [3.05, 3.63) is 53.6 Å². The van der Waals surface area contributed by atoms with Crippen LogP contribution in [0.15, 0.2) is 47.4 Å². The van der Waals surface area contributed by atoms with Gasteiger partial charge in [0.2, 0.25) is 11.8 Å². The highest BCUT2D eigenvalue weighted by Crippen LogP contribution is 2.39. The monoisotopic (exact) mass is 426 g/mol. The number of fused-ring (bicyclic) bond motifs is 1. The fraction of sp³-hybridized carbons (Fsp3) is 0.417. The standard InChI is InChI=1S/C24H30N2O3S/c1-6-19(23(28)25-14-16-8-7-9-18(12-16)29-5)26-20-13-17(24(2,3)4)10-11-21(20)30-15-22(26)27/h7-13,19H,6,14-15H2,1-5H3,(H,25,28)/t19-/m0/s1. The summed E-state index contributed by atoms with van der Waals surface area (Å²) in [6.45, 7) is 8.77. The van der Waals surface area contributed by atoms with Crippen LogP contribution in [0.3, 0.4) is 0 Å². The van der Waals surface area contributed by atoms with Gasteiger partial charge in [-0.2, -0.15) is 0 Å². The maximum atomic E-state index is 13.1. The van der Waals surface area contributed by atoms with Gasteiger partial charge in [-0.05, 0) is 47.2 Å². The van der Waals surface area contributed by atoms with E-state index in [9.17, 15) is 9.59 Å². The summed E-state index contributed by atoms with van der Waals surface area (Å²) in [5.41, 5.74) is 2.90. The fourth-order valence-electron chi connectivity index (χ4n) is 3.55. The molecular formula is C24H30N2O3S. The van der Waals surface area contributed by atoms with E-state index in [0.717, 1.165) is 27.5 Å². The van der Waals surface area contributed by atoms with Crippen LogP contribution in [0.5, 0.6) is 5.75 Å². The van der Waals surface area contributed by atoms with E-state index in [1.54, 1.807) is 12.0 Å². The minimum atomic E-state index is -0.544. The molecule has 0 aliphatic carbocycles. The molecule has 0 radical (unpaired) electrons. The summed E-state index contributed by atoms with van der Waals surface area (Å²) in [6, 6.07) is 13.3. The van der Waals surface area contributed by atoms with Gasteiger partial charge in [0.25, 0.3) is 0 Å². The molecule has 0 unspecified atom stereocenters. The normalized spacial score (nSPS) is 14.8. The first-order chi connectivity index (χ1) is 14.2. The van der Waals surface area contributed by atoms with E-state index in [2.05, 4.69) is 44.3 Å². The van der Waals surface area contributed by atoms with E-state index in [1.807, 2.05) is 31.2 Å². The number of amides is 2. The Hall–Kier alpha value is -2.47. The molecule has 1 atom stereocenters. The highest BCUT2D eigenvalue weighted by Gasteiger charge is 2.34. The minimum absolute atomic E-state index is 0.0260. The number of carbonyl (C=O) groups is 2. The first-order valence-corrected chi connectivity index (χ1v) is 11.2. The van der Waals surface area contributed by atoms with Crippen molar-refractivity contribution >= 4 is 29.3 Å². The summed E-state index contributed by atoms with van der Waals surface area (Å²) in [4.78, 5) is 28.7. The fourth-order valence-corrected chi connectivity index (χ4v) is 4.44. The Morgan fingerprint density at radius 1 is 1.23 bits per heavy atom. The molecule has 2 amide bonds. The Bertz CT molecular complexity index is 936. The zero-order valence-electron chi connectivity index (χ0n) is 18.3. The number of benzene rings is 2. The molecule has 0 saturated carbocycles. The molecule has 0 spiro atoms. The summed E-state index contributed by atoms with van der Waals surface area (Å²) in [6.07, 6.45) is 0.541. The Morgan fingerprint density at radius 3 is 2.67 bits per heavy atom. The molecular weight excluding hydrogens is 396 g/mol. The smallest absolute Gasteiger partial charge is 0.243 e. The van der Waals surface area contributed by atoms with Crippen molar-refractivity contribution in [2.45, 2.75) is 57.0 Å². The quantitative estimate of drug-likeness (QED) is 0.737. The summed E-state index contributed by atoms with van der Waals surface area (Å²) < 4.78 is 5.25. The number of ether oxygens (including phenoxy) is 1. The summed E-state index contributed by atoms with van der Waals surface area (Å²) in [7, 11) is 1.62. The molecule has 0 bridgehead atoms. The van der Waals surface area contributed by atoms with Gasteiger partial charge in [-0.15, -0.1) is 11.8 Å². The van der Waals surface area contributed by atoms with Gasteiger partial charge in [-0.1, -0.05) is 45.9 Å². The summed E-state index contributed by atoms with van der Waals surface area (Å²) in [5.74, 6) is 0.928. The lowest BCUT2D eigenvalue weighted by Gasteiger charge is -2.35. The summed E-state index contributed by atoms with van der Waals surface area (Å²) in [5, 5.41) is 3.00. The molecule has 1 aliphatic rings. The van der Waals surface area contributed by atoms with E-state index in [-0.39, 0.29) is 17.2 Å². The van der Waals surface area contributed by atoms with Crippen LogP contribution < -0.4 is 15.0 Å². The predicted octanol–water partition coefficient (Wildman–Crippen LogP) is 4.53. The molecule has 3 rings (SSSR count). The number of thioether (sulfide) groups is 1. The van der Waals surface area contributed by atoms with Crippen molar-refractivity contribution in [1.29, 1.82) is 0 Å². The molecule has 2 aromatic rings. The molecule has 5 nitrogen and oxygen atoms in total. The minimum Gasteiger partial charge on any atom is -0.497 e. The third-order valence-electron chi connectivity index (χ3n) is 5.31. The van der Waals surface area contributed by atoms with Gasteiger partial charge in [0.05, 0.1) is 18.6 Å². The van der Waals surface area contributed by atoms with Crippen LogP contribution in [0, 0.1) is 0 Å². The van der Waals surface area contributed by atoms with Crippen LogP contribution in [-0.4, -0.2) is 30.7 Å². The van der Waals surface area contributed by atoms with Crippen LogP contribution in [0.4, 0.5) is 5.69 Å². The number of hydrogen-bond donors (Lipinski definition) is 1. The maximum absolute atomic E-state index is 13.1. The van der Waals surface area contributed by atoms with E-state index < -0.39 is 6.04 Å². The van der Waals surface area contributed by atoms with Crippen molar-refractivity contribution in [1.82, 2.24) is 5.32 Å². The van der Waals surface area contributed by atoms with E-state index in [0.29, 0.717) is 18.7 Å². The number of nitrogens with zero attached hydrogens (tertiary/aromatic N) is 1. The Morgan fingerprint density at radius 2 is 2.00 bits per heavy atom. The highest BCUT2D eigenvalue weighted by atomic mass is 32.2. The molecule has 160 valence electrons. The zero-order valence-corrected chi connectivity index (χ0v) is 19.1. The zero-order chi connectivity index (χ0) is 21.9. The van der Waals surface area contributed by atoms with Crippen molar-refractivity contribution < 1.29 is 14.3 Å². The lowest BCUT2D eigenvalue weighted by molar-refractivity contribution is -0.126. The van der Waals surface area contributed by atoms with E-state index in [1.165, 1.54) is 11.8 Å². The van der Waals surface area contributed by atoms with Gasteiger partial charge in [0.1, 0.15) is 11.8 Å². The van der Waals surface area contributed by atoms with Gasteiger partial charge in [-0.25, -0.2) is 0 Å². The summed E-state index contributed by atoms with van der Waals surface area (Å²) >= 11 is 1.54. The van der Waals surface area contributed by atoms with Crippen molar-refractivity contribution in [3.8, 4) is 5.75 Å². The Balaban J connectivity index is 1.85. The SMILES string of the molecule is CC[C@@H](C(=O)NCc1cccc(OC)c1)N1C(=O)CSc2ccc(C(C)(C)C)cc21. The third-order valence-corrected chi connectivity index (χ3v) is 6.35. The van der Waals surface area contributed by atoms with Gasteiger partial charge >= 0.3 is 0 Å². The van der Waals surface area contributed by atoms with E-state index in [4.69, 9.17) is 4.74 Å². The lowest BCUT2D eigenvalue weighted by atomic mass is 9.86. The maximum Gasteiger partial charge on any atom is 0.243 e. The number of hydrogen-bond acceptors (Lipinski definition) is 4. The molecule has 1 aliphatic heterocycles. The topological polar surface area (TPSA) is 58.6 Å². The molecule has 1 heterocycles. The van der Waals surface area contributed by atoms with Crippen molar-refractivity contribution in [2.75, 3.05) is 17.8 Å². The first kappa shape index (κ1) is 22.2. The van der Waals surface area contributed by atoms with Gasteiger partial charge in [-0.3, -0.25) is 14.5 Å². The largest absolute Gasteiger partial charge is 0.497 e. The van der Waals surface area contributed by atoms with Crippen LogP contribution in [0.1, 0.15) is 45.2 Å².